The zero-order valence-electron chi connectivity index (χ0n) is 13.9. The van der Waals surface area contributed by atoms with Crippen molar-refractivity contribution in [2.75, 3.05) is 11.5 Å². The highest BCUT2D eigenvalue weighted by Gasteiger charge is 2.34. The molecular formula is C17H14ClN5O2S2. The Morgan fingerprint density at radius 2 is 2.15 bits per heavy atom. The third kappa shape index (κ3) is 4.00. The molecule has 0 unspecified atom stereocenters. The van der Waals surface area contributed by atoms with Gasteiger partial charge in [-0.25, -0.2) is 5.01 Å². The van der Waals surface area contributed by atoms with E-state index in [1.807, 2.05) is 30.3 Å². The molecule has 0 saturated heterocycles. The third-order valence-electron chi connectivity index (χ3n) is 3.96. The van der Waals surface area contributed by atoms with Crippen molar-refractivity contribution in [1.29, 1.82) is 0 Å². The molecule has 0 saturated carbocycles. The van der Waals surface area contributed by atoms with E-state index < -0.39 is 0 Å². The molecule has 27 heavy (non-hydrogen) atoms. The van der Waals surface area contributed by atoms with Crippen molar-refractivity contribution in [3.05, 3.63) is 59.0 Å². The molecule has 4 rings (SSSR count). The Hall–Kier alpha value is -2.36. The van der Waals surface area contributed by atoms with E-state index in [0.29, 0.717) is 26.7 Å². The summed E-state index contributed by atoms with van der Waals surface area (Å²) in [6.07, 6.45) is 2.16. The number of thioether (sulfide) groups is 1. The molecule has 1 amide bonds. The maximum absolute atomic E-state index is 12.8. The quantitative estimate of drug-likeness (QED) is 0.631. The van der Waals surface area contributed by atoms with E-state index in [1.165, 1.54) is 28.1 Å². The van der Waals surface area contributed by atoms with E-state index in [0.717, 1.165) is 11.3 Å². The first kappa shape index (κ1) is 18.0. The Bertz CT molecular complexity index is 972. The van der Waals surface area contributed by atoms with Crippen LogP contribution in [-0.2, 0) is 4.79 Å². The molecule has 3 aromatic rings. The number of carbonyl (C=O) groups is 1. The number of nitrogens with two attached hydrogens (primary N) is 1. The van der Waals surface area contributed by atoms with Crippen molar-refractivity contribution in [3.63, 3.8) is 0 Å². The van der Waals surface area contributed by atoms with Gasteiger partial charge in [-0.3, -0.25) is 4.79 Å². The van der Waals surface area contributed by atoms with Crippen molar-refractivity contribution in [2.45, 2.75) is 16.8 Å². The number of hydrazone groups is 1. The summed E-state index contributed by atoms with van der Waals surface area (Å²) >= 11 is 8.51. The number of aromatic nitrogens is 2. The van der Waals surface area contributed by atoms with Crippen LogP contribution in [0.2, 0.25) is 5.02 Å². The Labute approximate surface area is 168 Å². The highest BCUT2D eigenvalue weighted by molar-refractivity contribution is 8.01. The summed E-state index contributed by atoms with van der Waals surface area (Å²) in [6, 6.07) is 10.8. The highest BCUT2D eigenvalue weighted by atomic mass is 35.5. The van der Waals surface area contributed by atoms with Crippen LogP contribution in [0, 0.1) is 0 Å². The minimum absolute atomic E-state index is 0.140. The largest absolute Gasteiger partial charge is 0.467 e. The summed E-state index contributed by atoms with van der Waals surface area (Å²) in [5.41, 5.74) is 7.32. The first-order valence-electron chi connectivity index (χ1n) is 8.01. The van der Waals surface area contributed by atoms with Crippen LogP contribution in [0.4, 0.5) is 5.13 Å². The maximum Gasteiger partial charge on any atom is 0.253 e. The van der Waals surface area contributed by atoms with Crippen LogP contribution in [0.1, 0.15) is 23.8 Å². The number of carbonyl (C=O) groups excluding carboxylic acids is 1. The average Bonchev–Trinajstić information content (AvgIpc) is 3.40. The second-order valence-electron chi connectivity index (χ2n) is 5.72. The van der Waals surface area contributed by atoms with Gasteiger partial charge in [-0.2, -0.15) is 5.10 Å². The summed E-state index contributed by atoms with van der Waals surface area (Å²) in [4.78, 5) is 12.8. The second-order valence-corrected chi connectivity index (χ2v) is 8.39. The molecule has 2 aromatic heterocycles. The first-order chi connectivity index (χ1) is 13.1. The number of benzene rings is 1. The van der Waals surface area contributed by atoms with Crippen LogP contribution in [-0.4, -0.2) is 32.6 Å². The topological polar surface area (TPSA) is 97.6 Å². The standard InChI is InChI=1S/C17H14ClN5O2S2/c18-11-5-3-10(4-6-11)12-8-13(14-2-1-7-25-14)23(22-12)15(24)9-26-17-21-20-16(19)27-17/h1-7,13H,8-9H2,(H2,19,20)/t13-/m1/s1. The fraction of sp³-hybridized carbons (Fsp3) is 0.176. The van der Waals surface area contributed by atoms with Gasteiger partial charge in [0.2, 0.25) is 5.13 Å². The van der Waals surface area contributed by atoms with Crippen LogP contribution in [0.15, 0.2) is 56.5 Å². The van der Waals surface area contributed by atoms with E-state index in [9.17, 15) is 4.79 Å². The van der Waals surface area contributed by atoms with E-state index in [1.54, 1.807) is 12.3 Å². The molecule has 3 heterocycles. The van der Waals surface area contributed by atoms with Crippen molar-refractivity contribution < 1.29 is 9.21 Å². The minimum Gasteiger partial charge on any atom is -0.467 e. The number of nitrogens with zero attached hydrogens (tertiary/aromatic N) is 4. The normalized spacial score (nSPS) is 16.6. The fourth-order valence-corrected chi connectivity index (χ4v) is 4.34. The van der Waals surface area contributed by atoms with Gasteiger partial charge >= 0.3 is 0 Å². The molecule has 0 spiro atoms. The lowest BCUT2D eigenvalue weighted by molar-refractivity contribution is -0.130. The molecular weight excluding hydrogens is 406 g/mol. The zero-order chi connectivity index (χ0) is 18.8. The molecule has 138 valence electrons. The molecule has 0 bridgehead atoms. The van der Waals surface area contributed by atoms with Gasteiger partial charge in [0.25, 0.3) is 5.91 Å². The van der Waals surface area contributed by atoms with Gasteiger partial charge in [-0.15, -0.1) is 10.2 Å². The minimum atomic E-state index is -0.279. The molecule has 2 N–H and O–H groups in total. The Morgan fingerprint density at radius 3 is 2.81 bits per heavy atom. The average molecular weight is 420 g/mol. The fourth-order valence-electron chi connectivity index (χ4n) is 2.73. The summed E-state index contributed by atoms with van der Waals surface area (Å²) in [6.45, 7) is 0. The van der Waals surface area contributed by atoms with E-state index in [-0.39, 0.29) is 17.7 Å². The predicted octanol–water partition coefficient (Wildman–Crippen LogP) is 3.84. The molecule has 1 atom stereocenters. The van der Waals surface area contributed by atoms with Gasteiger partial charge in [0.1, 0.15) is 11.8 Å². The number of rotatable bonds is 5. The maximum atomic E-state index is 12.8. The zero-order valence-corrected chi connectivity index (χ0v) is 16.3. The summed E-state index contributed by atoms with van der Waals surface area (Å²) in [5, 5.41) is 14.8. The van der Waals surface area contributed by atoms with Crippen LogP contribution in [0.25, 0.3) is 0 Å². The first-order valence-corrected chi connectivity index (χ1v) is 10.2. The monoisotopic (exact) mass is 419 g/mol. The molecule has 1 aliphatic heterocycles. The van der Waals surface area contributed by atoms with Crippen LogP contribution >= 0.6 is 34.7 Å². The number of anilines is 1. The summed E-state index contributed by atoms with van der Waals surface area (Å²) in [7, 11) is 0. The number of hydrogen-bond donors (Lipinski definition) is 1. The molecule has 0 radical (unpaired) electrons. The van der Waals surface area contributed by atoms with Gasteiger partial charge in [0.15, 0.2) is 4.34 Å². The Balaban J connectivity index is 1.55. The van der Waals surface area contributed by atoms with Crippen molar-refractivity contribution in [1.82, 2.24) is 15.2 Å². The van der Waals surface area contributed by atoms with Gasteiger partial charge in [0.05, 0.1) is 17.7 Å². The third-order valence-corrected chi connectivity index (χ3v) is 6.08. The lowest BCUT2D eigenvalue weighted by Crippen LogP contribution is -2.28. The number of hydrogen-bond acceptors (Lipinski definition) is 8. The molecule has 0 aliphatic carbocycles. The summed E-state index contributed by atoms with van der Waals surface area (Å²) in [5.74, 6) is 0.740. The molecule has 1 aliphatic rings. The van der Waals surface area contributed by atoms with Crippen LogP contribution in [0.3, 0.4) is 0 Å². The molecule has 1 aromatic carbocycles. The SMILES string of the molecule is Nc1nnc(SCC(=O)N2N=C(c3ccc(Cl)cc3)C[C@@H]2c2ccco2)s1. The number of halogens is 1. The van der Waals surface area contributed by atoms with Crippen molar-refractivity contribution in [2.24, 2.45) is 5.10 Å². The molecule has 7 nitrogen and oxygen atoms in total. The number of amides is 1. The van der Waals surface area contributed by atoms with Gasteiger partial charge in [0, 0.05) is 11.4 Å². The lowest BCUT2D eigenvalue weighted by Gasteiger charge is -2.19. The molecule has 0 fully saturated rings. The van der Waals surface area contributed by atoms with Crippen LogP contribution in [0.5, 0.6) is 0 Å². The lowest BCUT2D eigenvalue weighted by atomic mass is 10.0. The number of nitrogen functional groups attached to an aromatic ring is 1. The van der Waals surface area contributed by atoms with Crippen molar-refractivity contribution >= 4 is 51.5 Å². The Morgan fingerprint density at radius 1 is 1.33 bits per heavy atom. The highest BCUT2D eigenvalue weighted by Crippen LogP contribution is 2.34. The smallest absolute Gasteiger partial charge is 0.253 e. The number of furan rings is 1. The molecule has 10 heteroatoms. The van der Waals surface area contributed by atoms with Crippen molar-refractivity contribution in [3.8, 4) is 0 Å². The summed E-state index contributed by atoms with van der Waals surface area (Å²) < 4.78 is 6.18. The van der Waals surface area contributed by atoms with E-state index in [2.05, 4.69) is 15.3 Å². The van der Waals surface area contributed by atoms with Gasteiger partial charge in [-0.1, -0.05) is 46.8 Å². The predicted molar refractivity (Wildman–Crippen MR) is 106 cm³/mol. The van der Waals surface area contributed by atoms with Gasteiger partial charge < -0.3 is 10.2 Å². The van der Waals surface area contributed by atoms with Gasteiger partial charge in [-0.05, 0) is 29.8 Å². The van der Waals surface area contributed by atoms with E-state index >= 15 is 0 Å². The Kier molecular flexibility index (Phi) is 5.15. The van der Waals surface area contributed by atoms with E-state index in [4.69, 9.17) is 21.8 Å². The second kappa shape index (κ2) is 7.71. The van der Waals surface area contributed by atoms with Crippen LogP contribution < -0.4 is 5.73 Å².